The third-order valence-electron chi connectivity index (χ3n) is 4.03. The number of carbonyl (C=O) groups is 3. The van der Waals surface area contributed by atoms with Gasteiger partial charge in [-0.15, -0.1) is 0 Å². The van der Waals surface area contributed by atoms with Crippen LogP contribution in [0.2, 0.25) is 0 Å². The molecule has 0 radical (unpaired) electrons. The Kier molecular flexibility index (Phi) is 5.99. The van der Waals surface area contributed by atoms with E-state index in [4.69, 9.17) is 0 Å². The Morgan fingerprint density at radius 2 is 1.48 bits per heavy atom. The highest BCUT2D eigenvalue weighted by molar-refractivity contribution is 6.05. The number of nitrogens with zero attached hydrogens (tertiary/aromatic N) is 1. The number of hydrogen-bond acceptors (Lipinski definition) is 5. The van der Waals surface area contributed by atoms with Crippen molar-refractivity contribution in [2.24, 2.45) is 0 Å². The number of nitrogens with one attached hydrogen (secondary N) is 3. The molecule has 0 fully saturated rings. The maximum atomic E-state index is 12.5. The Bertz CT molecular complexity index is 1060. The molecule has 0 aliphatic rings. The molecule has 3 rings (SSSR count). The van der Waals surface area contributed by atoms with Crippen LogP contribution in [0.25, 0.3) is 0 Å². The first-order valence-electron chi connectivity index (χ1n) is 8.94. The Morgan fingerprint density at radius 3 is 2.17 bits per heavy atom. The van der Waals surface area contributed by atoms with Crippen molar-refractivity contribution in [2.75, 3.05) is 16.0 Å². The smallest absolute Gasteiger partial charge is 0.255 e. The molecule has 3 N–H and O–H groups in total. The van der Waals surface area contributed by atoms with Crippen LogP contribution >= 0.6 is 0 Å². The minimum Gasteiger partial charge on any atom is -0.340 e. The van der Waals surface area contributed by atoms with E-state index in [1.807, 2.05) is 6.07 Å². The van der Waals surface area contributed by atoms with Gasteiger partial charge in [-0.1, -0.05) is 6.07 Å². The minimum atomic E-state index is -0.293. The third kappa shape index (κ3) is 5.49. The molecule has 3 aromatic rings. The first-order chi connectivity index (χ1) is 13.9. The van der Waals surface area contributed by atoms with E-state index in [1.165, 1.54) is 20.0 Å². The standard InChI is InChI=1S/C22H20N4O3/c1-14(27)16-6-8-18(9-7-16)26-22(29)17-10-11-23-21(12-17)25-20-5-3-4-19(13-20)24-15(2)28/h3-13H,1-2H3,(H,23,25)(H,24,28)(H,26,29). The van der Waals surface area contributed by atoms with Gasteiger partial charge in [-0.2, -0.15) is 0 Å². The lowest BCUT2D eigenvalue weighted by Crippen LogP contribution is -2.12. The number of pyridine rings is 1. The van der Waals surface area contributed by atoms with Crippen molar-refractivity contribution in [3.8, 4) is 0 Å². The van der Waals surface area contributed by atoms with Crippen molar-refractivity contribution >= 4 is 40.5 Å². The molecule has 0 saturated heterocycles. The summed E-state index contributed by atoms with van der Waals surface area (Å²) in [5.74, 6) is 0.00755. The lowest BCUT2D eigenvalue weighted by atomic mass is 10.1. The normalized spacial score (nSPS) is 10.1. The number of benzene rings is 2. The molecule has 2 aromatic carbocycles. The Labute approximate surface area is 168 Å². The summed E-state index contributed by atoms with van der Waals surface area (Å²) in [6.45, 7) is 2.93. The van der Waals surface area contributed by atoms with Gasteiger partial charge < -0.3 is 16.0 Å². The van der Waals surface area contributed by atoms with E-state index in [0.717, 1.165) is 5.69 Å². The van der Waals surface area contributed by atoms with Crippen LogP contribution in [0, 0.1) is 0 Å². The van der Waals surface area contributed by atoms with Crippen LogP contribution in [-0.2, 0) is 4.79 Å². The van der Waals surface area contributed by atoms with E-state index in [2.05, 4.69) is 20.9 Å². The van der Waals surface area contributed by atoms with Gasteiger partial charge in [-0.05, 0) is 61.5 Å². The predicted octanol–water partition coefficient (Wildman–Crippen LogP) is 4.24. The Balaban J connectivity index is 1.71. The molecule has 0 saturated carbocycles. The molecule has 0 atom stereocenters. The third-order valence-corrected chi connectivity index (χ3v) is 4.03. The molecule has 146 valence electrons. The number of carbonyl (C=O) groups excluding carboxylic acids is 3. The van der Waals surface area contributed by atoms with E-state index < -0.39 is 0 Å². The van der Waals surface area contributed by atoms with Crippen LogP contribution in [0.1, 0.15) is 34.6 Å². The summed E-state index contributed by atoms with van der Waals surface area (Å²) < 4.78 is 0. The van der Waals surface area contributed by atoms with Gasteiger partial charge in [0.2, 0.25) is 5.91 Å². The first-order valence-corrected chi connectivity index (χ1v) is 8.94. The topological polar surface area (TPSA) is 100 Å². The van der Waals surface area contributed by atoms with Crippen molar-refractivity contribution in [3.63, 3.8) is 0 Å². The monoisotopic (exact) mass is 388 g/mol. The second-order valence-corrected chi connectivity index (χ2v) is 6.40. The molecule has 0 bridgehead atoms. The Hall–Kier alpha value is -4.00. The van der Waals surface area contributed by atoms with Crippen molar-refractivity contribution in [2.45, 2.75) is 13.8 Å². The molecule has 0 aliphatic carbocycles. The van der Waals surface area contributed by atoms with Crippen molar-refractivity contribution in [1.82, 2.24) is 4.98 Å². The van der Waals surface area contributed by atoms with Gasteiger partial charge in [0.15, 0.2) is 5.78 Å². The molecule has 1 heterocycles. The highest BCUT2D eigenvalue weighted by Gasteiger charge is 2.09. The number of hydrogen-bond donors (Lipinski definition) is 3. The van der Waals surface area contributed by atoms with Gasteiger partial charge in [-0.25, -0.2) is 4.98 Å². The fourth-order valence-corrected chi connectivity index (χ4v) is 2.66. The lowest BCUT2D eigenvalue weighted by Gasteiger charge is -2.10. The molecular weight excluding hydrogens is 368 g/mol. The zero-order valence-corrected chi connectivity index (χ0v) is 16.0. The van der Waals surface area contributed by atoms with Gasteiger partial charge in [0.25, 0.3) is 5.91 Å². The molecule has 2 amide bonds. The van der Waals surface area contributed by atoms with Crippen LogP contribution in [0.4, 0.5) is 22.9 Å². The van der Waals surface area contributed by atoms with Crippen LogP contribution in [0.3, 0.4) is 0 Å². The van der Waals surface area contributed by atoms with E-state index in [-0.39, 0.29) is 17.6 Å². The molecule has 7 heteroatoms. The maximum Gasteiger partial charge on any atom is 0.255 e. The largest absolute Gasteiger partial charge is 0.340 e. The summed E-state index contributed by atoms with van der Waals surface area (Å²) in [6.07, 6.45) is 1.54. The fraction of sp³-hybridized carbons (Fsp3) is 0.0909. The number of anilines is 4. The van der Waals surface area contributed by atoms with Crippen LogP contribution in [0.5, 0.6) is 0 Å². The fourth-order valence-electron chi connectivity index (χ4n) is 2.66. The molecule has 0 spiro atoms. The summed E-state index contributed by atoms with van der Waals surface area (Å²) in [5.41, 5.74) is 2.98. The van der Waals surface area contributed by atoms with Crippen LogP contribution < -0.4 is 16.0 Å². The highest BCUT2D eigenvalue weighted by atomic mass is 16.2. The average molecular weight is 388 g/mol. The number of ketones is 1. The molecule has 29 heavy (non-hydrogen) atoms. The summed E-state index contributed by atoms with van der Waals surface area (Å²) in [7, 11) is 0. The second-order valence-electron chi connectivity index (χ2n) is 6.40. The quantitative estimate of drug-likeness (QED) is 0.549. The number of rotatable bonds is 6. The van der Waals surface area contributed by atoms with Gasteiger partial charge in [0.1, 0.15) is 5.82 Å². The summed E-state index contributed by atoms with van der Waals surface area (Å²) in [5, 5.41) is 8.62. The second kappa shape index (κ2) is 8.79. The lowest BCUT2D eigenvalue weighted by molar-refractivity contribution is -0.114. The number of aromatic nitrogens is 1. The first kappa shape index (κ1) is 19.8. The average Bonchev–Trinajstić information content (AvgIpc) is 2.68. The highest BCUT2D eigenvalue weighted by Crippen LogP contribution is 2.20. The zero-order chi connectivity index (χ0) is 20.8. The van der Waals surface area contributed by atoms with Crippen LogP contribution in [-0.4, -0.2) is 22.6 Å². The van der Waals surface area contributed by atoms with E-state index >= 15 is 0 Å². The van der Waals surface area contributed by atoms with Crippen LogP contribution in [0.15, 0.2) is 66.9 Å². The number of Topliss-reactive ketones (excluding diaryl/α,β-unsaturated/α-hetero) is 1. The van der Waals surface area contributed by atoms with Crippen molar-refractivity contribution in [3.05, 3.63) is 78.0 Å². The predicted molar refractivity (Wildman–Crippen MR) is 113 cm³/mol. The van der Waals surface area contributed by atoms with Crippen molar-refractivity contribution < 1.29 is 14.4 Å². The van der Waals surface area contributed by atoms with Gasteiger partial charge in [0, 0.05) is 41.3 Å². The molecule has 0 unspecified atom stereocenters. The summed E-state index contributed by atoms with van der Waals surface area (Å²) in [6, 6.07) is 17.1. The Morgan fingerprint density at radius 1 is 0.759 bits per heavy atom. The summed E-state index contributed by atoms with van der Waals surface area (Å²) in [4.78, 5) is 39.3. The van der Waals surface area contributed by atoms with Gasteiger partial charge >= 0.3 is 0 Å². The zero-order valence-electron chi connectivity index (χ0n) is 16.0. The van der Waals surface area contributed by atoms with Gasteiger partial charge in [0.05, 0.1) is 0 Å². The minimum absolute atomic E-state index is 0.0321. The summed E-state index contributed by atoms with van der Waals surface area (Å²) >= 11 is 0. The maximum absolute atomic E-state index is 12.5. The van der Waals surface area contributed by atoms with E-state index in [0.29, 0.717) is 28.3 Å². The molecular formula is C22H20N4O3. The number of amides is 2. The van der Waals surface area contributed by atoms with E-state index in [9.17, 15) is 14.4 Å². The van der Waals surface area contributed by atoms with Crippen molar-refractivity contribution in [1.29, 1.82) is 0 Å². The van der Waals surface area contributed by atoms with Gasteiger partial charge in [-0.3, -0.25) is 14.4 Å². The SMILES string of the molecule is CC(=O)Nc1cccc(Nc2cc(C(=O)Nc3ccc(C(C)=O)cc3)ccn2)c1. The van der Waals surface area contributed by atoms with E-state index in [1.54, 1.807) is 54.6 Å². The molecule has 1 aromatic heterocycles. The molecule has 7 nitrogen and oxygen atoms in total. The molecule has 0 aliphatic heterocycles.